The van der Waals surface area contributed by atoms with Crippen molar-refractivity contribution in [2.45, 2.75) is 31.1 Å². The van der Waals surface area contributed by atoms with Crippen molar-refractivity contribution >= 4 is 0 Å². The van der Waals surface area contributed by atoms with Crippen LogP contribution in [-0.2, 0) is 0 Å². The van der Waals surface area contributed by atoms with Gasteiger partial charge in [0.25, 0.3) is 0 Å². The summed E-state index contributed by atoms with van der Waals surface area (Å²) in [5, 5.41) is 0. The zero-order chi connectivity index (χ0) is 11.7. The topological polar surface area (TPSA) is 4.93 Å². The van der Waals surface area contributed by atoms with Crippen molar-refractivity contribution in [2.75, 3.05) is 0 Å². The first-order chi connectivity index (χ1) is 8.93. The van der Waals surface area contributed by atoms with Crippen molar-refractivity contribution in [1.29, 1.82) is 0 Å². The molecule has 4 unspecified atom stereocenters. The van der Waals surface area contributed by atoms with Crippen molar-refractivity contribution in [1.82, 2.24) is 4.57 Å². The lowest BCUT2D eigenvalue weighted by molar-refractivity contribution is 0.322. The highest BCUT2D eigenvalue weighted by molar-refractivity contribution is 5.59. The molecule has 1 aromatic heterocycles. The van der Waals surface area contributed by atoms with Crippen molar-refractivity contribution in [3.63, 3.8) is 0 Å². The van der Waals surface area contributed by atoms with Crippen LogP contribution in [0, 0.1) is 11.8 Å². The van der Waals surface area contributed by atoms with E-state index in [2.05, 4.69) is 47.3 Å². The van der Waals surface area contributed by atoms with Gasteiger partial charge < -0.3 is 4.57 Å². The average Bonchev–Trinajstić information content (AvgIpc) is 3.07. The molecule has 18 heavy (non-hydrogen) atoms. The molecule has 3 aliphatic rings. The van der Waals surface area contributed by atoms with Gasteiger partial charge in [0, 0.05) is 18.1 Å². The third-order valence-corrected chi connectivity index (χ3v) is 5.61. The largest absolute Gasteiger partial charge is 0.324 e. The monoisotopic (exact) mass is 235 g/mol. The Bertz CT molecular complexity index is 611. The number of aromatic nitrogens is 1. The first kappa shape index (κ1) is 9.43. The third-order valence-electron chi connectivity index (χ3n) is 5.61. The molecule has 1 aromatic carbocycles. The Labute approximate surface area is 107 Å². The highest BCUT2D eigenvalue weighted by atomic mass is 14.9. The molecule has 90 valence electrons. The van der Waals surface area contributed by atoms with Crippen LogP contribution in [0.3, 0.4) is 0 Å². The smallest absolute Gasteiger partial charge is 0.0487 e. The Balaban J connectivity index is 1.71. The van der Waals surface area contributed by atoms with E-state index in [4.69, 9.17) is 0 Å². The molecule has 2 saturated carbocycles. The molecule has 0 aliphatic heterocycles. The van der Waals surface area contributed by atoms with E-state index < -0.39 is 0 Å². The molecule has 1 nitrogen and oxygen atoms in total. The fourth-order valence-electron chi connectivity index (χ4n) is 5.00. The standard InChI is InChI=1S/C17H17N/c1-2-9-18(8-1)14-5-3-4-13-15-11-6-7-12(10-11)16(15)17(13)14/h1-5,8-9,11-12,15-16H,6-7,10H2. The number of fused-ring (bicyclic) bond motifs is 8. The number of hydrogen-bond donors (Lipinski definition) is 0. The van der Waals surface area contributed by atoms with Crippen LogP contribution in [-0.4, -0.2) is 4.57 Å². The first-order valence-electron chi connectivity index (χ1n) is 7.19. The van der Waals surface area contributed by atoms with Gasteiger partial charge in [-0.1, -0.05) is 12.1 Å². The summed E-state index contributed by atoms with van der Waals surface area (Å²) in [5.74, 6) is 3.79. The van der Waals surface area contributed by atoms with Gasteiger partial charge in [0.05, 0.1) is 0 Å². The third kappa shape index (κ3) is 0.959. The molecule has 0 saturated heterocycles. The van der Waals surface area contributed by atoms with Crippen LogP contribution in [0.2, 0.25) is 0 Å². The summed E-state index contributed by atoms with van der Waals surface area (Å²) in [6.07, 6.45) is 8.81. The van der Waals surface area contributed by atoms with Gasteiger partial charge in [-0.05, 0) is 72.3 Å². The Morgan fingerprint density at radius 1 is 0.889 bits per heavy atom. The van der Waals surface area contributed by atoms with Gasteiger partial charge in [-0.2, -0.15) is 0 Å². The van der Waals surface area contributed by atoms with E-state index in [1.54, 1.807) is 11.1 Å². The Morgan fingerprint density at radius 2 is 1.67 bits per heavy atom. The molecular weight excluding hydrogens is 218 g/mol. The molecule has 0 amide bonds. The Kier molecular flexibility index (Phi) is 1.62. The summed E-state index contributed by atoms with van der Waals surface area (Å²) in [5.41, 5.74) is 4.77. The molecule has 1 heteroatoms. The normalized spacial score (nSPS) is 35.1. The maximum absolute atomic E-state index is 2.38. The second-order valence-electron chi connectivity index (χ2n) is 6.26. The van der Waals surface area contributed by atoms with Gasteiger partial charge in [0.15, 0.2) is 0 Å². The Morgan fingerprint density at radius 3 is 2.50 bits per heavy atom. The summed E-state index contributed by atoms with van der Waals surface area (Å²) in [6.45, 7) is 0. The van der Waals surface area contributed by atoms with Crippen LogP contribution in [0.25, 0.3) is 5.69 Å². The fourth-order valence-corrected chi connectivity index (χ4v) is 5.00. The molecular formula is C17H17N. The molecule has 1 heterocycles. The highest BCUT2D eigenvalue weighted by Crippen LogP contribution is 2.68. The Hall–Kier alpha value is -1.50. The summed E-state index contributed by atoms with van der Waals surface area (Å²) in [4.78, 5) is 0. The summed E-state index contributed by atoms with van der Waals surface area (Å²) < 4.78 is 2.29. The van der Waals surface area contributed by atoms with Crippen molar-refractivity contribution < 1.29 is 0 Å². The van der Waals surface area contributed by atoms with Gasteiger partial charge in [-0.15, -0.1) is 0 Å². The van der Waals surface area contributed by atoms with Crippen molar-refractivity contribution in [3.05, 3.63) is 53.9 Å². The lowest BCUT2D eigenvalue weighted by Crippen LogP contribution is -2.31. The van der Waals surface area contributed by atoms with Gasteiger partial charge in [-0.25, -0.2) is 0 Å². The van der Waals surface area contributed by atoms with E-state index in [0.717, 1.165) is 23.7 Å². The molecule has 0 N–H and O–H groups in total. The van der Waals surface area contributed by atoms with E-state index in [0.29, 0.717) is 0 Å². The number of nitrogens with zero attached hydrogens (tertiary/aromatic N) is 1. The van der Waals surface area contributed by atoms with Gasteiger partial charge in [0.2, 0.25) is 0 Å². The molecule has 5 rings (SSSR count). The molecule has 0 radical (unpaired) electrons. The van der Waals surface area contributed by atoms with Crippen LogP contribution in [0.1, 0.15) is 42.2 Å². The summed E-state index contributed by atoms with van der Waals surface area (Å²) in [7, 11) is 0. The van der Waals surface area contributed by atoms with Crippen LogP contribution in [0.15, 0.2) is 42.7 Å². The van der Waals surface area contributed by atoms with E-state index in [-0.39, 0.29) is 0 Å². The van der Waals surface area contributed by atoms with E-state index >= 15 is 0 Å². The molecule has 3 aliphatic carbocycles. The lowest BCUT2D eigenvalue weighted by Gasteiger charge is -2.44. The van der Waals surface area contributed by atoms with Crippen molar-refractivity contribution in [3.8, 4) is 5.69 Å². The van der Waals surface area contributed by atoms with Crippen LogP contribution in [0.5, 0.6) is 0 Å². The molecule has 4 atom stereocenters. The zero-order valence-electron chi connectivity index (χ0n) is 10.4. The second kappa shape index (κ2) is 3.09. The maximum Gasteiger partial charge on any atom is 0.0487 e. The predicted molar refractivity (Wildman–Crippen MR) is 72.1 cm³/mol. The van der Waals surface area contributed by atoms with E-state index in [1.165, 1.54) is 24.9 Å². The molecule has 2 aromatic rings. The molecule has 2 fully saturated rings. The second-order valence-corrected chi connectivity index (χ2v) is 6.26. The summed E-state index contributed by atoms with van der Waals surface area (Å²) >= 11 is 0. The van der Waals surface area contributed by atoms with Crippen molar-refractivity contribution in [2.24, 2.45) is 11.8 Å². The van der Waals surface area contributed by atoms with Crippen LogP contribution in [0.4, 0.5) is 0 Å². The minimum Gasteiger partial charge on any atom is -0.324 e. The zero-order valence-corrected chi connectivity index (χ0v) is 10.4. The van der Waals surface area contributed by atoms with Crippen LogP contribution >= 0.6 is 0 Å². The number of rotatable bonds is 1. The lowest BCUT2D eigenvalue weighted by atomic mass is 9.61. The maximum atomic E-state index is 2.38. The van der Waals surface area contributed by atoms with Gasteiger partial charge >= 0.3 is 0 Å². The number of hydrogen-bond acceptors (Lipinski definition) is 0. The van der Waals surface area contributed by atoms with E-state index in [1.807, 2.05) is 0 Å². The minimum absolute atomic E-state index is 0.886. The predicted octanol–water partition coefficient (Wildman–Crippen LogP) is 4.09. The molecule has 2 bridgehead atoms. The molecule has 0 spiro atoms. The fraction of sp³-hybridized carbons (Fsp3) is 0.412. The van der Waals surface area contributed by atoms with Gasteiger partial charge in [-0.3, -0.25) is 0 Å². The quantitative estimate of drug-likeness (QED) is 0.701. The summed E-state index contributed by atoms with van der Waals surface area (Å²) in [6, 6.07) is 11.2. The average molecular weight is 235 g/mol. The SMILES string of the molecule is c1cc2c(c(-n3cccc3)c1)C1C3CCC(C3)C21. The highest BCUT2D eigenvalue weighted by Gasteiger charge is 2.56. The first-order valence-corrected chi connectivity index (χ1v) is 7.19. The minimum atomic E-state index is 0.886. The van der Waals surface area contributed by atoms with Crippen LogP contribution < -0.4 is 0 Å². The van der Waals surface area contributed by atoms with Gasteiger partial charge in [0.1, 0.15) is 0 Å². The van der Waals surface area contributed by atoms with E-state index in [9.17, 15) is 0 Å². The number of benzene rings is 1.